The summed E-state index contributed by atoms with van der Waals surface area (Å²) in [5.74, 6) is 1.73. The van der Waals surface area contributed by atoms with Crippen LogP contribution in [0.15, 0.2) is 24.3 Å². The fourth-order valence-corrected chi connectivity index (χ4v) is 5.03. The molecule has 1 aromatic rings. The Kier molecular flexibility index (Phi) is 4.38. The first-order valence-corrected chi connectivity index (χ1v) is 10.4. The van der Waals surface area contributed by atoms with Crippen LogP contribution in [0.4, 0.5) is 5.69 Å². The van der Waals surface area contributed by atoms with Crippen molar-refractivity contribution in [3.8, 4) is 0 Å². The lowest BCUT2D eigenvalue weighted by atomic mass is 9.71. The molecule has 25 heavy (non-hydrogen) atoms. The molecule has 2 nitrogen and oxygen atoms in total. The number of hydrogen-bond donors (Lipinski definition) is 0. The van der Waals surface area contributed by atoms with Crippen molar-refractivity contribution >= 4 is 5.69 Å². The molecule has 3 aliphatic rings. The summed E-state index contributed by atoms with van der Waals surface area (Å²) in [5, 5.41) is 0. The summed E-state index contributed by atoms with van der Waals surface area (Å²) in [7, 11) is 0. The van der Waals surface area contributed by atoms with Crippen molar-refractivity contribution in [1.29, 1.82) is 0 Å². The lowest BCUT2D eigenvalue weighted by Gasteiger charge is -2.37. The van der Waals surface area contributed by atoms with Crippen LogP contribution < -0.4 is 4.90 Å². The zero-order valence-corrected chi connectivity index (χ0v) is 16.7. The second kappa shape index (κ2) is 6.30. The molecule has 0 amide bonds. The number of para-hydroxylation sites is 1. The quantitative estimate of drug-likeness (QED) is 0.748. The predicted octanol–water partition coefficient (Wildman–Crippen LogP) is 5.15. The minimum atomic E-state index is 0.424. The zero-order valence-electron chi connectivity index (χ0n) is 16.7. The molecular formula is C23H36N2. The van der Waals surface area contributed by atoms with E-state index in [-0.39, 0.29) is 0 Å². The van der Waals surface area contributed by atoms with Gasteiger partial charge in [0.15, 0.2) is 0 Å². The molecule has 1 heterocycles. The van der Waals surface area contributed by atoms with E-state index < -0.39 is 0 Å². The highest BCUT2D eigenvalue weighted by Crippen LogP contribution is 2.58. The maximum atomic E-state index is 2.69. The summed E-state index contributed by atoms with van der Waals surface area (Å²) in [4.78, 5) is 5.36. The van der Waals surface area contributed by atoms with Crippen LogP contribution in [0.2, 0.25) is 0 Å². The molecule has 1 aromatic carbocycles. The van der Waals surface area contributed by atoms with Gasteiger partial charge in [-0.2, -0.15) is 0 Å². The van der Waals surface area contributed by atoms with Gasteiger partial charge in [0.25, 0.3) is 0 Å². The highest BCUT2D eigenvalue weighted by atomic mass is 15.3. The van der Waals surface area contributed by atoms with Crippen molar-refractivity contribution in [1.82, 2.24) is 4.90 Å². The van der Waals surface area contributed by atoms with E-state index in [0.29, 0.717) is 16.7 Å². The van der Waals surface area contributed by atoms with Crippen LogP contribution in [0.25, 0.3) is 0 Å². The third kappa shape index (κ3) is 3.47. The molecule has 2 aliphatic carbocycles. The van der Waals surface area contributed by atoms with Crippen LogP contribution in [-0.2, 0) is 0 Å². The molecule has 0 spiro atoms. The number of hydrogen-bond acceptors (Lipinski definition) is 2. The van der Waals surface area contributed by atoms with E-state index in [4.69, 9.17) is 0 Å². The fourth-order valence-electron chi connectivity index (χ4n) is 5.03. The van der Waals surface area contributed by atoms with Crippen molar-refractivity contribution < 1.29 is 0 Å². The Hall–Kier alpha value is -1.02. The monoisotopic (exact) mass is 340 g/mol. The molecule has 0 atom stereocenters. The first-order chi connectivity index (χ1) is 11.9. The smallest absolute Gasteiger partial charge is 0.0402 e. The number of anilines is 1. The number of benzene rings is 1. The Morgan fingerprint density at radius 2 is 1.48 bits per heavy atom. The fraction of sp³-hybridized carbons (Fsp3) is 0.739. The molecule has 0 unspecified atom stereocenters. The van der Waals surface area contributed by atoms with Crippen LogP contribution in [0.3, 0.4) is 0 Å². The van der Waals surface area contributed by atoms with Gasteiger partial charge in [0.2, 0.25) is 0 Å². The third-order valence-electron chi connectivity index (χ3n) is 7.65. The molecule has 4 rings (SSSR count). The summed E-state index contributed by atoms with van der Waals surface area (Å²) in [6.07, 6.45) is 5.57. The summed E-state index contributed by atoms with van der Waals surface area (Å²) >= 11 is 0. The molecule has 138 valence electrons. The number of nitrogens with zero attached hydrogens (tertiary/aromatic N) is 2. The molecule has 0 bridgehead atoms. The van der Waals surface area contributed by atoms with E-state index in [9.17, 15) is 0 Å². The summed E-state index contributed by atoms with van der Waals surface area (Å²) in [5.41, 5.74) is 3.98. The first kappa shape index (κ1) is 17.4. The van der Waals surface area contributed by atoms with Crippen LogP contribution in [0.1, 0.15) is 64.9 Å². The number of piperazine rings is 1. The molecule has 3 fully saturated rings. The van der Waals surface area contributed by atoms with Crippen molar-refractivity contribution in [3.05, 3.63) is 29.8 Å². The lowest BCUT2D eigenvalue weighted by Crippen LogP contribution is -2.47. The van der Waals surface area contributed by atoms with Crippen molar-refractivity contribution in [2.75, 3.05) is 37.6 Å². The summed E-state index contributed by atoms with van der Waals surface area (Å²) < 4.78 is 0. The Bertz CT molecular complexity index is 590. The van der Waals surface area contributed by atoms with E-state index >= 15 is 0 Å². The maximum Gasteiger partial charge on any atom is 0.0402 e. The number of rotatable bonds is 4. The molecule has 0 aromatic heterocycles. The molecular weight excluding hydrogens is 304 g/mol. The van der Waals surface area contributed by atoms with Crippen molar-refractivity contribution in [3.63, 3.8) is 0 Å². The van der Waals surface area contributed by atoms with Gasteiger partial charge in [0.05, 0.1) is 0 Å². The SMILES string of the molecule is CC1(C)CC(c2ccccc2N2CCN(CC3CC3)CC2)CC1(C)C. The van der Waals surface area contributed by atoms with Crippen molar-refractivity contribution in [2.45, 2.75) is 59.3 Å². The van der Waals surface area contributed by atoms with Gasteiger partial charge in [-0.1, -0.05) is 45.9 Å². The average Bonchev–Trinajstić information content (AvgIpc) is 3.34. The van der Waals surface area contributed by atoms with Gasteiger partial charge >= 0.3 is 0 Å². The summed E-state index contributed by atoms with van der Waals surface area (Å²) in [6.45, 7) is 16.1. The van der Waals surface area contributed by atoms with Crippen LogP contribution in [0.5, 0.6) is 0 Å². The van der Waals surface area contributed by atoms with Gasteiger partial charge in [-0.15, -0.1) is 0 Å². The minimum Gasteiger partial charge on any atom is -0.369 e. The third-order valence-corrected chi connectivity index (χ3v) is 7.65. The summed E-state index contributed by atoms with van der Waals surface area (Å²) in [6, 6.07) is 9.28. The van der Waals surface area contributed by atoms with E-state index in [1.807, 2.05) is 0 Å². The Morgan fingerprint density at radius 1 is 0.880 bits per heavy atom. The highest BCUT2D eigenvalue weighted by Gasteiger charge is 2.47. The Labute approximate surface area is 154 Å². The standard InChI is InChI=1S/C23H36N2/c1-22(2)15-19(16-23(22,3)4)20-7-5-6-8-21(20)25-13-11-24(12-14-25)17-18-9-10-18/h5-8,18-19H,9-17H2,1-4H3. The van der Waals surface area contributed by atoms with Crippen molar-refractivity contribution in [2.24, 2.45) is 16.7 Å². The van der Waals surface area contributed by atoms with Gasteiger partial charge in [-0.05, 0) is 60.0 Å². The van der Waals surface area contributed by atoms with E-state index in [1.54, 1.807) is 5.56 Å². The second-order valence-electron chi connectivity index (χ2n) is 10.2. The van der Waals surface area contributed by atoms with Gasteiger partial charge in [0, 0.05) is 38.4 Å². The molecule has 0 N–H and O–H groups in total. The molecule has 1 aliphatic heterocycles. The Balaban J connectivity index is 1.48. The average molecular weight is 341 g/mol. The van der Waals surface area contributed by atoms with Crippen LogP contribution in [0, 0.1) is 16.7 Å². The van der Waals surface area contributed by atoms with E-state index in [0.717, 1.165) is 5.92 Å². The molecule has 2 saturated carbocycles. The molecule has 1 saturated heterocycles. The maximum absolute atomic E-state index is 2.69. The second-order valence-corrected chi connectivity index (χ2v) is 10.2. The highest BCUT2D eigenvalue weighted by molar-refractivity contribution is 5.56. The van der Waals surface area contributed by atoms with Gasteiger partial charge in [-0.25, -0.2) is 0 Å². The van der Waals surface area contributed by atoms with E-state index in [2.05, 4.69) is 61.8 Å². The Morgan fingerprint density at radius 3 is 2.08 bits per heavy atom. The lowest BCUT2D eigenvalue weighted by molar-refractivity contribution is 0.157. The normalized spacial score (nSPS) is 27.0. The van der Waals surface area contributed by atoms with Gasteiger partial charge < -0.3 is 4.90 Å². The van der Waals surface area contributed by atoms with Crippen LogP contribution in [-0.4, -0.2) is 37.6 Å². The van der Waals surface area contributed by atoms with Gasteiger partial charge in [0.1, 0.15) is 0 Å². The zero-order chi connectivity index (χ0) is 17.7. The predicted molar refractivity (Wildman–Crippen MR) is 107 cm³/mol. The molecule has 2 heteroatoms. The first-order valence-electron chi connectivity index (χ1n) is 10.4. The minimum absolute atomic E-state index is 0.424. The van der Waals surface area contributed by atoms with Gasteiger partial charge in [-0.3, -0.25) is 4.90 Å². The topological polar surface area (TPSA) is 6.48 Å². The molecule has 0 radical (unpaired) electrons. The van der Waals surface area contributed by atoms with E-state index in [1.165, 1.54) is 64.1 Å². The largest absolute Gasteiger partial charge is 0.369 e. The van der Waals surface area contributed by atoms with Crippen LogP contribution >= 0.6 is 0 Å².